The van der Waals surface area contributed by atoms with Gasteiger partial charge in [-0.2, -0.15) is 0 Å². The van der Waals surface area contributed by atoms with Gasteiger partial charge in [0.05, 0.1) is 18.7 Å². The lowest BCUT2D eigenvalue weighted by Crippen LogP contribution is -2.45. The van der Waals surface area contributed by atoms with Crippen molar-refractivity contribution in [1.29, 1.82) is 0 Å². The van der Waals surface area contributed by atoms with E-state index in [4.69, 9.17) is 4.74 Å². The third-order valence-corrected chi connectivity index (χ3v) is 7.77. The van der Waals surface area contributed by atoms with E-state index >= 15 is 0 Å². The summed E-state index contributed by atoms with van der Waals surface area (Å²) in [6.07, 6.45) is 7.13. The molecule has 1 saturated carbocycles. The van der Waals surface area contributed by atoms with Crippen molar-refractivity contribution in [1.82, 2.24) is 10.6 Å². The molecule has 1 amide bonds. The average Bonchev–Trinajstić information content (AvgIpc) is 3.44. The number of ether oxygens (including phenoxy) is 1. The second kappa shape index (κ2) is 9.24. The van der Waals surface area contributed by atoms with Crippen LogP contribution in [0, 0.1) is 5.92 Å². The smallest absolute Gasteiger partial charge is 0.234 e. The molecule has 0 aromatic heterocycles. The Morgan fingerprint density at radius 1 is 1.09 bits per heavy atom. The van der Waals surface area contributed by atoms with E-state index in [1.54, 1.807) is 7.11 Å². The molecule has 3 aliphatic rings. The summed E-state index contributed by atoms with van der Waals surface area (Å²) in [6.45, 7) is 1.79. The molecule has 0 radical (unpaired) electrons. The molecule has 170 valence electrons. The van der Waals surface area contributed by atoms with E-state index in [-0.39, 0.29) is 11.8 Å². The standard InChI is InChI=1S/C27H35N3O2/c1-30-23-16-24(32-2)20(15-21(23)25(27(30)31)18-9-6-7-10-18)17-29-22-13-8-14-28-26(22)19-11-4-3-5-12-19/h3-5,11-12,15-16,18,22,25-26,28-29H,6-10,13-14,17H2,1-2H3. The maximum absolute atomic E-state index is 13.1. The van der Waals surface area contributed by atoms with Gasteiger partial charge in [0, 0.05) is 37.3 Å². The summed E-state index contributed by atoms with van der Waals surface area (Å²) in [5.41, 5.74) is 4.70. The number of piperidine rings is 1. The van der Waals surface area contributed by atoms with Crippen molar-refractivity contribution in [3.8, 4) is 5.75 Å². The first-order chi connectivity index (χ1) is 15.7. The van der Waals surface area contributed by atoms with E-state index in [2.05, 4.69) is 53.1 Å². The molecule has 1 saturated heterocycles. The van der Waals surface area contributed by atoms with Crippen LogP contribution in [0.4, 0.5) is 5.69 Å². The second-order valence-corrected chi connectivity index (χ2v) is 9.61. The van der Waals surface area contributed by atoms with E-state index in [1.165, 1.54) is 30.4 Å². The molecule has 2 aromatic carbocycles. The fraction of sp³-hybridized carbons (Fsp3) is 0.519. The lowest BCUT2D eigenvalue weighted by atomic mass is 9.85. The highest BCUT2D eigenvalue weighted by Crippen LogP contribution is 2.48. The summed E-state index contributed by atoms with van der Waals surface area (Å²) in [7, 11) is 3.64. The van der Waals surface area contributed by atoms with Crippen molar-refractivity contribution in [3.63, 3.8) is 0 Å². The van der Waals surface area contributed by atoms with Crippen molar-refractivity contribution in [2.45, 2.75) is 63.1 Å². The zero-order chi connectivity index (χ0) is 22.1. The first-order valence-corrected chi connectivity index (χ1v) is 12.2. The Morgan fingerprint density at radius 3 is 2.62 bits per heavy atom. The molecule has 2 heterocycles. The first-order valence-electron chi connectivity index (χ1n) is 12.2. The fourth-order valence-corrected chi connectivity index (χ4v) is 6.07. The molecule has 0 bridgehead atoms. The minimum absolute atomic E-state index is 0.00979. The van der Waals surface area contributed by atoms with Crippen LogP contribution in [0.25, 0.3) is 0 Å². The zero-order valence-corrected chi connectivity index (χ0v) is 19.3. The van der Waals surface area contributed by atoms with Gasteiger partial charge in [0.25, 0.3) is 0 Å². The first kappa shape index (κ1) is 21.5. The SMILES string of the molecule is COc1cc2c(cc1CNC1CCCNC1c1ccccc1)C(C1CCCC1)C(=O)N2C. The van der Waals surface area contributed by atoms with Gasteiger partial charge in [-0.3, -0.25) is 4.79 Å². The molecular formula is C27H35N3O2. The summed E-state index contributed by atoms with van der Waals surface area (Å²) in [5.74, 6) is 1.60. The molecule has 3 unspecified atom stereocenters. The van der Waals surface area contributed by atoms with Crippen LogP contribution in [-0.2, 0) is 11.3 Å². The van der Waals surface area contributed by atoms with E-state index in [0.717, 1.165) is 49.4 Å². The number of hydrogen-bond donors (Lipinski definition) is 2. The molecule has 2 N–H and O–H groups in total. The summed E-state index contributed by atoms with van der Waals surface area (Å²) in [5, 5.41) is 7.52. The number of methoxy groups -OCH3 is 1. The van der Waals surface area contributed by atoms with Gasteiger partial charge in [0.1, 0.15) is 5.75 Å². The number of hydrogen-bond acceptors (Lipinski definition) is 4. The highest BCUT2D eigenvalue weighted by Gasteiger charge is 2.41. The van der Waals surface area contributed by atoms with Crippen LogP contribution < -0.4 is 20.3 Å². The fourth-order valence-electron chi connectivity index (χ4n) is 6.07. The molecule has 5 nitrogen and oxygen atoms in total. The largest absolute Gasteiger partial charge is 0.496 e. The van der Waals surface area contributed by atoms with E-state index < -0.39 is 0 Å². The monoisotopic (exact) mass is 433 g/mol. The van der Waals surface area contributed by atoms with Crippen molar-refractivity contribution in [3.05, 3.63) is 59.2 Å². The highest BCUT2D eigenvalue weighted by molar-refractivity contribution is 6.05. The Bertz CT molecular complexity index is 955. The normalized spacial score (nSPS) is 25.9. The average molecular weight is 434 g/mol. The van der Waals surface area contributed by atoms with Crippen LogP contribution in [0.2, 0.25) is 0 Å². The van der Waals surface area contributed by atoms with Crippen LogP contribution in [0.3, 0.4) is 0 Å². The number of benzene rings is 2. The molecule has 2 fully saturated rings. The molecule has 2 aliphatic heterocycles. The number of carbonyl (C=O) groups is 1. The van der Waals surface area contributed by atoms with Crippen LogP contribution >= 0.6 is 0 Å². The number of nitrogens with zero attached hydrogens (tertiary/aromatic N) is 1. The van der Waals surface area contributed by atoms with E-state index in [9.17, 15) is 4.79 Å². The van der Waals surface area contributed by atoms with Gasteiger partial charge < -0.3 is 20.3 Å². The molecule has 2 aromatic rings. The van der Waals surface area contributed by atoms with Crippen molar-refractivity contribution in [2.75, 3.05) is 25.6 Å². The summed E-state index contributed by atoms with van der Waals surface area (Å²) in [6, 6.07) is 15.7. The summed E-state index contributed by atoms with van der Waals surface area (Å²) in [4.78, 5) is 15.0. The maximum Gasteiger partial charge on any atom is 0.234 e. The van der Waals surface area contributed by atoms with Gasteiger partial charge in [-0.25, -0.2) is 0 Å². The predicted octanol–water partition coefficient (Wildman–Crippen LogP) is 4.53. The zero-order valence-electron chi connectivity index (χ0n) is 19.3. The number of fused-ring (bicyclic) bond motifs is 1. The third-order valence-electron chi connectivity index (χ3n) is 7.77. The number of anilines is 1. The Labute approximate surface area is 191 Å². The van der Waals surface area contributed by atoms with Gasteiger partial charge in [-0.15, -0.1) is 0 Å². The lowest BCUT2D eigenvalue weighted by molar-refractivity contribution is -0.120. The molecule has 32 heavy (non-hydrogen) atoms. The van der Waals surface area contributed by atoms with Gasteiger partial charge in [0.15, 0.2) is 0 Å². The molecule has 0 spiro atoms. The molecule has 5 rings (SSSR count). The highest BCUT2D eigenvalue weighted by atomic mass is 16.5. The van der Waals surface area contributed by atoms with Crippen molar-refractivity contribution in [2.24, 2.45) is 5.92 Å². The Hall–Kier alpha value is -2.37. The number of amides is 1. The molecular weight excluding hydrogens is 398 g/mol. The Balaban J connectivity index is 1.39. The summed E-state index contributed by atoms with van der Waals surface area (Å²) < 4.78 is 5.77. The Morgan fingerprint density at radius 2 is 1.88 bits per heavy atom. The lowest BCUT2D eigenvalue weighted by Gasteiger charge is -2.34. The van der Waals surface area contributed by atoms with Gasteiger partial charge in [-0.1, -0.05) is 43.2 Å². The summed E-state index contributed by atoms with van der Waals surface area (Å²) >= 11 is 0. The number of nitrogens with one attached hydrogen (secondary N) is 2. The van der Waals surface area contributed by atoms with Crippen LogP contribution in [0.15, 0.2) is 42.5 Å². The predicted molar refractivity (Wildman–Crippen MR) is 128 cm³/mol. The van der Waals surface area contributed by atoms with Gasteiger partial charge in [0.2, 0.25) is 5.91 Å². The topological polar surface area (TPSA) is 53.6 Å². The molecule has 3 atom stereocenters. The quantitative estimate of drug-likeness (QED) is 0.703. The van der Waals surface area contributed by atoms with E-state index in [0.29, 0.717) is 18.0 Å². The minimum Gasteiger partial charge on any atom is -0.496 e. The maximum atomic E-state index is 13.1. The number of likely N-dealkylation sites (N-methyl/N-ethyl adjacent to an activating group) is 1. The number of carbonyl (C=O) groups excluding carboxylic acids is 1. The minimum atomic E-state index is 0.00979. The molecule has 5 heteroatoms. The molecule has 1 aliphatic carbocycles. The van der Waals surface area contributed by atoms with Crippen LogP contribution in [0.1, 0.15) is 67.2 Å². The van der Waals surface area contributed by atoms with Crippen LogP contribution in [0.5, 0.6) is 5.75 Å². The van der Waals surface area contributed by atoms with E-state index in [1.807, 2.05) is 11.9 Å². The van der Waals surface area contributed by atoms with Crippen molar-refractivity contribution < 1.29 is 9.53 Å². The second-order valence-electron chi connectivity index (χ2n) is 9.61. The third kappa shape index (κ3) is 3.93. The van der Waals surface area contributed by atoms with Gasteiger partial charge in [-0.05, 0) is 55.3 Å². The Kier molecular flexibility index (Phi) is 6.20. The van der Waals surface area contributed by atoms with Crippen molar-refractivity contribution >= 4 is 11.6 Å². The van der Waals surface area contributed by atoms with Crippen LogP contribution in [-0.4, -0.2) is 32.7 Å². The van der Waals surface area contributed by atoms with Gasteiger partial charge >= 0.3 is 0 Å². The number of rotatable bonds is 6.